The highest BCUT2D eigenvalue weighted by molar-refractivity contribution is 5.73. The number of fused-ring (bicyclic) bond motifs is 10. The van der Waals surface area contributed by atoms with Gasteiger partial charge < -0.3 is 0 Å². The van der Waals surface area contributed by atoms with E-state index in [9.17, 15) is 0 Å². The SMILES string of the molecule is Cc1ccc2c(c1)-c1cccc[n+]1C21c2ccccc2-c2cccc[n+]21. The van der Waals surface area contributed by atoms with Crippen molar-refractivity contribution in [3.8, 4) is 22.5 Å². The molecule has 0 fully saturated rings. The standard InChI is InChI=1S/C24H18N2/c1-17-12-13-21-19(16-17)23-11-5-7-15-26(23)24(21)20-9-3-2-8-18(20)22-10-4-6-14-25(22)24/h2-16H,1H3/q+2. The van der Waals surface area contributed by atoms with Crippen LogP contribution in [0.15, 0.2) is 91.3 Å². The molecule has 1 unspecified atom stereocenters. The summed E-state index contributed by atoms with van der Waals surface area (Å²) in [5, 5.41) is 0. The fourth-order valence-corrected chi connectivity index (χ4v) is 4.85. The van der Waals surface area contributed by atoms with Gasteiger partial charge in [-0.3, -0.25) is 0 Å². The van der Waals surface area contributed by atoms with E-state index in [0.29, 0.717) is 0 Å². The van der Waals surface area contributed by atoms with Gasteiger partial charge in [-0.2, -0.15) is 0 Å². The largest absolute Gasteiger partial charge is 0.417 e. The lowest BCUT2D eigenvalue weighted by molar-refractivity contribution is -0.955. The third-order valence-corrected chi connectivity index (χ3v) is 5.82. The van der Waals surface area contributed by atoms with Crippen molar-refractivity contribution < 1.29 is 9.13 Å². The average Bonchev–Trinajstić information content (AvgIpc) is 3.15. The molecule has 0 radical (unpaired) electrons. The van der Waals surface area contributed by atoms with Gasteiger partial charge in [-0.05, 0) is 43.3 Å². The molecule has 4 aromatic rings. The van der Waals surface area contributed by atoms with Gasteiger partial charge in [0.2, 0.25) is 11.4 Å². The van der Waals surface area contributed by atoms with Gasteiger partial charge in [0.1, 0.15) is 11.1 Å². The summed E-state index contributed by atoms with van der Waals surface area (Å²) in [4.78, 5) is 0. The minimum absolute atomic E-state index is 0.354. The van der Waals surface area contributed by atoms with Gasteiger partial charge in [0.05, 0.1) is 11.1 Å². The summed E-state index contributed by atoms with van der Waals surface area (Å²) >= 11 is 0. The van der Waals surface area contributed by atoms with E-state index in [0.717, 1.165) is 0 Å². The van der Waals surface area contributed by atoms with Crippen LogP contribution >= 0.6 is 0 Å². The number of aryl methyl sites for hydroxylation is 1. The second-order valence-electron chi connectivity index (χ2n) is 7.18. The Hall–Kier alpha value is -3.26. The number of pyridine rings is 2. The third kappa shape index (κ3) is 1.45. The van der Waals surface area contributed by atoms with Gasteiger partial charge in [0.25, 0.3) is 0 Å². The van der Waals surface area contributed by atoms with E-state index in [1.54, 1.807) is 0 Å². The van der Waals surface area contributed by atoms with E-state index in [1.807, 2.05) is 0 Å². The third-order valence-electron chi connectivity index (χ3n) is 5.82. The number of hydrogen-bond donors (Lipinski definition) is 0. The number of nitrogens with zero attached hydrogens (tertiary/aromatic N) is 2. The van der Waals surface area contributed by atoms with Crippen molar-refractivity contribution in [2.45, 2.75) is 12.6 Å². The molecule has 0 N–H and O–H groups in total. The molecule has 0 bridgehead atoms. The Morgan fingerprint density at radius 3 is 2.00 bits per heavy atom. The van der Waals surface area contributed by atoms with Crippen LogP contribution in [0.4, 0.5) is 0 Å². The van der Waals surface area contributed by atoms with E-state index in [-0.39, 0.29) is 5.66 Å². The minimum Gasteiger partial charge on any atom is -0.126 e. The van der Waals surface area contributed by atoms with Gasteiger partial charge in [-0.15, -0.1) is 9.13 Å². The van der Waals surface area contributed by atoms with Gasteiger partial charge in [0.15, 0.2) is 12.4 Å². The normalized spacial score (nSPS) is 18.3. The van der Waals surface area contributed by atoms with E-state index in [4.69, 9.17) is 0 Å². The van der Waals surface area contributed by atoms with Gasteiger partial charge in [0, 0.05) is 24.3 Å². The second-order valence-corrected chi connectivity index (χ2v) is 7.18. The maximum absolute atomic E-state index is 2.44. The number of benzene rings is 2. The molecule has 1 atom stereocenters. The van der Waals surface area contributed by atoms with Crippen molar-refractivity contribution in [3.05, 3.63) is 108 Å². The topological polar surface area (TPSA) is 7.76 Å². The van der Waals surface area contributed by atoms with E-state index < -0.39 is 0 Å². The van der Waals surface area contributed by atoms with E-state index >= 15 is 0 Å². The summed E-state index contributed by atoms with van der Waals surface area (Å²) in [5.41, 5.74) is 8.79. The Morgan fingerprint density at radius 1 is 0.615 bits per heavy atom. The van der Waals surface area contributed by atoms with Crippen LogP contribution in [0.25, 0.3) is 22.5 Å². The zero-order valence-corrected chi connectivity index (χ0v) is 14.6. The first-order valence-electron chi connectivity index (χ1n) is 9.05. The van der Waals surface area contributed by atoms with Crippen molar-refractivity contribution in [2.75, 3.05) is 0 Å². The highest BCUT2D eigenvalue weighted by Gasteiger charge is 2.66. The van der Waals surface area contributed by atoms with Crippen molar-refractivity contribution in [3.63, 3.8) is 0 Å². The second kappa shape index (κ2) is 4.67. The van der Waals surface area contributed by atoms with Crippen molar-refractivity contribution in [1.82, 2.24) is 0 Å². The smallest absolute Gasteiger partial charge is 0.126 e. The van der Waals surface area contributed by atoms with Crippen LogP contribution in [-0.2, 0) is 5.66 Å². The fourth-order valence-electron chi connectivity index (χ4n) is 4.85. The molecule has 2 aliphatic heterocycles. The van der Waals surface area contributed by atoms with Gasteiger partial charge in [-0.25, -0.2) is 0 Å². The lowest BCUT2D eigenvalue weighted by Crippen LogP contribution is -2.71. The molecule has 2 aliphatic rings. The van der Waals surface area contributed by atoms with Crippen molar-refractivity contribution in [1.29, 1.82) is 0 Å². The van der Waals surface area contributed by atoms with Crippen molar-refractivity contribution >= 4 is 0 Å². The Bertz CT molecular complexity index is 1160. The molecule has 6 rings (SSSR count). The molecule has 2 nitrogen and oxygen atoms in total. The number of hydrogen-bond acceptors (Lipinski definition) is 0. The van der Waals surface area contributed by atoms with Crippen LogP contribution in [0.2, 0.25) is 0 Å². The highest BCUT2D eigenvalue weighted by atomic mass is 15.3. The van der Waals surface area contributed by atoms with Crippen LogP contribution < -0.4 is 9.13 Å². The Morgan fingerprint density at radius 2 is 1.23 bits per heavy atom. The number of rotatable bonds is 0. The molecule has 2 aromatic heterocycles. The molecule has 2 aromatic carbocycles. The summed E-state index contributed by atoms with van der Waals surface area (Å²) in [5.74, 6) is 0. The number of aromatic nitrogens is 2. The summed E-state index contributed by atoms with van der Waals surface area (Å²) < 4.78 is 4.87. The van der Waals surface area contributed by atoms with Crippen molar-refractivity contribution in [2.24, 2.45) is 0 Å². The molecule has 2 heteroatoms. The Labute approximate surface area is 152 Å². The maximum Gasteiger partial charge on any atom is 0.417 e. The summed E-state index contributed by atoms with van der Waals surface area (Å²) in [6, 6.07) is 28.7. The van der Waals surface area contributed by atoms with Crippen LogP contribution in [0.3, 0.4) is 0 Å². The molecule has 0 amide bonds. The molecule has 26 heavy (non-hydrogen) atoms. The van der Waals surface area contributed by atoms with Gasteiger partial charge in [-0.1, -0.05) is 23.8 Å². The van der Waals surface area contributed by atoms with Crippen LogP contribution in [-0.4, -0.2) is 0 Å². The molecule has 4 heterocycles. The van der Waals surface area contributed by atoms with E-state index in [1.165, 1.54) is 39.2 Å². The molecule has 122 valence electrons. The monoisotopic (exact) mass is 334 g/mol. The minimum atomic E-state index is -0.354. The van der Waals surface area contributed by atoms with E-state index in [2.05, 4.69) is 107 Å². The summed E-state index contributed by atoms with van der Waals surface area (Å²) in [7, 11) is 0. The lowest BCUT2D eigenvalue weighted by Gasteiger charge is -2.17. The van der Waals surface area contributed by atoms with Crippen LogP contribution in [0.5, 0.6) is 0 Å². The fraction of sp³-hybridized carbons (Fsp3) is 0.0833. The zero-order valence-electron chi connectivity index (χ0n) is 14.6. The summed E-state index contributed by atoms with van der Waals surface area (Å²) in [6.45, 7) is 2.17. The zero-order chi connectivity index (χ0) is 17.3. The average molecular weight is 334 g/mol. The molecule has 1 spiro atoms. The van der Waals surface area contributed by atoms with Gasteiger partial charge >= 0.3 is 5.66 Å². The predicted octanol–water partition coefficient (Wildman–Crippen LogP) is 3.83. The molecule has 0 saturated heterocycles. The maximum atomic E-state index is 2.44. The van der Waals surface area contributed by atoms with Crippen LogP contribution in [0, 0.1) is 6.92 Å². The predicted molar refractivity (Wildman–Crippen MR) is 100 cm³/mol. The first-order valence-corrected chi connectivity index (χ1v) is 9.05. The quantitative estimate of drug-likeness (QED) is 0.373. The Balaban J connectivity index is 1.87. The molecular formula is C24H18N2+2. The highest BCUT2D eigenvalue weighted by Crippen LogP contribution is 2.46. The molecule has 0 aliphatic carbocycles. The molecule has 0 saturated carbocycles. The lowest BCUT2D eigenvalue weighted by atomic mass is 9.89. The first-order chi connectivity index (χ1) is 12.8. The first kappa shape index (κ1) is 14.0. The van der Waals surface area contributed by atoms with Crippen LogP contribution in [0.1, 0.15) is 16.7 Å². The molecular weight excluding hydrogens is 316 g/mol. The summed E-state index contributed by atoms with van der Waals surface area (Å²) in [6.07, 6.45) is 4.44. The Kier molecular flexibility index (Phi) is 2.51.